The molecule has 2 N–H and O–H groups in total. The van der Waals surface area contributed by atoms with E-state index in [9.17, 15) is 4.79 Å². The number of rotatable bonds is 2. The molecule has 0 unspecified atom stereocenters. The number of H-pyrrole nitrogens is 1. The fourth-order valence-electron chi connectivity index (χ4n) is 1.79. The number of benzene rings is 1. The van der Waals surface area contributed by atoms with E-state index in [0.29, 0.717) is 5.69 Å². The van der Waals surface area contributed by atoms with Crippen molar-refractivity contribution in [3.63, 3.8) is 0 Å². The average molecular weight is 257 g/mol. The number of hydrogen-bond acceptors (Lipinski definition) is 3. The smallest absolute Gasteiger partial charge is 0.272 e. The Morgan fingerprint density at radius 3 is 3.06 bits per heavy atom. The number of aryl methyl sites for hydroxylation is 1. The Morgan fingerprint density at radius 1 is 1.39 bits per heavy atom. The number of aromatic nitrogens is 2. The van der Waals surface area contributed by atoms with Gasteiger partial charge < -0.3 is 10.3 Å². The predicted octanol–water partition coefficient (Wildman–Crippen LogP) is 3.19. The number of fused-ring (bicyclic) bond motifs is 1. The molecule has 0 aliphatic rings. The summed E-state index contributed by atoms with van der Waals surface area (Å²) in [5.41, 5.74) is 2.22. The molecular weight excluding hydrogens is 246 g/mol. The van der Waals surface area contributed by atoms with Gasteiger partial charge in [-0.15, -0.1) is 11.3 Å². The molecule has 3 aromatic rings. The number of carbonyl (C=O) groups is 1. The van der Waals surface area contributed by atoms with Crippen LogP contribution in [-0.2, 0) is 0 Å². The topological polar surface area (TPSA) is 57.8 Å². The highest BCUT2D eigenvalue weighted by Crippen LogP contribution is 2.24. The van der Waals surface area contributed by atoms with Crippen molar-refractivity contribution in [3.8, 4) is 0 Å². The maximum atomic E-state index is 11.9. The van der Waals surface area contributed by atoms with E-state index in [2.05, 4.69) is 15.3 Å². The highest BCUT2D eigenvalue weighted by atomic mass is 32.1. The first-order valence-electron chi connectivity index (χ1n) is 5.54. The molecule has 2 heterocycles. The van der Waals surface area contributed by atoms with Crippen molar-refractivity contribution in [1.82, 2.24) is 9.97 Å². The van der Waals surface area contributed by atoms with Crippen molar-refractivity contribution in [2.45, 2.75) is 6.92 Å². The molecule has 2 aromatic heterocycles. The molecule has 1 aromatic carbocycles. The third-order valence-electron chi connectivity index (χ3n) is 2.59. The first-order valence-corrected chi connectivity index (χ1v) is 6.36. The normalized spacial score (nSPS) is 10.7. The minimum atomic E-state index is -0.147. The molecule has 18 heavy (non-hydrogen) atoms. The maximum Gasteiger partial charge on any atom is 0.272 e. The lowest BCUT2D eigenvalue weighted by atomic mass is 10.3. The zero-order valence-electron chi connectivity index (χ0n) is 9.73. The zero-order valence-corrected chi connectivity index (χ0v) is 10.5. The van der Waals surface area contributed by atoms with Gasteiger partial charge in [0, 0.05) is 11.9 Å². The summed E-state index contributed by atoms with van der Waals surface area (Å²) in [5, 5.41) is 3.87. The van der Waals surface area contributed by atoms with E-state index in [-0.39, 0.29) is 5.91 Å². The number of aromatic amines is 1. The number of amides is 1. The van der Waals surface area contributed by atoms with Crippen LogP contribution in [0.25, 0.3) is 10.2 Å². The van der Waals surface area contributed by atoms with Gasteiger partial charge in [0.05, 0.1) is 15.2 Å². The Kier molecular flexibility index (Phi) is 2.60. The van der Waals surface area contributed by atoms with Crippen LogP contribution in [0.2, 0.25) is 0 Å². The standard InChI is InChI=1S/C13H11N3OS/c1-8-15-11-7-9(4-5-12(11)18-8)16-13(17)10-3-2-6-14-10/h2-7,14H,1H3,(H,16,17). The molecule has 0 aliphatic carbocycles. The number of thiazole rings is 1. The fraction of sp³-hybridized carbons (Fsp3) is 0.0769. The summed E-state index contributed by atoms with van der Waals surface area (Å²) in [4.78, 5) is 19.1. The third-order valence-corrected chi connectivity index (χ3v) is 3.55. The first kappa shape index (κ1) is 11.0. The number of nitrogens with zero attached hydrogens (tertiary/aromatic N) is 1. The molecule has 0 radical (unpaired) electrons. The number of nitrogens with one attached hydrogen (secondary N) is 2. The van der Waals surface area contributed by atoms with E-state index in [1.165, 1.54) is 0 Å². The van der Waals surface area contributed by atoms with Crippen LogP contribution in [0.15, 0.2) is 36.5 Å². The Bertz CT molecular complexity index is 700. The fourth-order valence-corrected chi connectivity index (χ4v) is 2.60. The molecule has 4 nitrogen and oxygen atoms in total. The molecule has 5 heteroatoms. The Hall–Kier alpha value is -2.14. The molecule has 0 aliphatic heterocycles. The summed E-state index contributed by atoms with van der Waals surface area (Å²) in [6.45, 7) is 1.97. The van der Waals surface area contributed by atoms with Crippen LogP contribution in [0.3, 0.4) is 0 Å². The summed E-state index contributed by atoms with van der Waals surface area (Å²) in [5.74, 6) is -0.147. The highest BCUT2D eigenvalue weighted by Gasteiger charge is 2.07. The maximum absolute atomic E-state index is 11.9. The van der Waals surface area contributed by atoms with Crippen molar-refractivity contribution in [2.75, 3.05) is 5.32 Å². The van der Waals surface area contributed by atoms with Crippen LogP contribution < -0.4 is 5.32 Å². The summed E-state index contributed by atoms with van der Waals surface area (Å²) < 4.78 is 1.13. The average Bonchev–Trinajstić information content (AvgIpc) is 2.95. The van der Waals surface area contributed by atoms with Crippen molar-refractivity contribution in [1.29, 1.82) is 0 Å². The van der Waals surface area contributed by atoms with Crippen molar-refractivity contribution < 1.29 is 4.79 Å². The summed E-state index contributed by atoms with van der Waals surface area (Å²) >= 11 is 1.65. The largest absolute Gasteiger partial charge is 0.357 e. The monoisotopic (exact) mass is 257 g/mol. The second-order valence-electron chi connectivity index (χ2n) is 3.95. The van der Waals surface area contributed by atoms with Crippen LogP contribution in [0, 0.1) is 6.92 Å². The van der Waals surface area contributed by atoms with Crippen molar-refractivity contribution in [2.24, 2.45) is 0 Å². The quantitative estimate of drug-likeness (QED) is 0.740. The van der Waals surface area contributed by atoms with Gasteiger partial charge in [0.2, 0.25) is 0 Å². The van der Waals surface area contributed by atoms with E-state index in [1.54, 1.807) is 29.7 Å². The summed E-state index contributed by atoms with van der Waals surface area (Å²) in [7, 11) is 0. The number of hydrogen-bond donors (Lipinski definition) is 2. The lowest BCUT2D eigenvalue weighted by molar-refractivity contribution is 0.102. The Balaban J connectivity index is 1.88. The van der Waals surface area contributed by atoms with Gasteiger partial charge in [-0.05, 0) is 37.3 Å². The van der Waals surface area contributed by atoms with Gasteiger partial charge in [0.1, 0.15) is 5.69 Å². The summed E-state index contributed by atoms with van der Waals surface area (Å²) in [6.07, 6.45) is 1.72. The Morgan fingerprint density at radius 2 is 2.28 bits per heavy atom. The number of anilines is 1. The van der Waals surface area contributed by atoms with Crippen LogP contribution in [0.5, 0.6) is 0 Å². The van der Waals surface area contributed by atoms with Gasteiger partial charge in [0.25, 0.3) is 5.91 Å². The van der Waals surface area contributed by atoms with Gasteiger partial charge in [-0.2, -0.15) is 0 Å². The van der Waals surface area contributed by atoms with Crippen LogP contribution >= 0.6 is 11.3 Å². The van der Waals surface area contributed by atoms with E-state index < -0.39 is 0 Å². The second-order valence-corrected chi connectivity index (χ2v) is 5.19. The molecule has 0 saturated heterocycles. The van der Waals surface area contributed by atoms with Gasteiger partial charge in [-0.25, -0.2) is 4.98 Å². The molecule has 3 rings (SSSR count). The minimum Gasteiger partial charge on any atom is -0.357 e. The third kappa shape index (κ3) is 2.00. The molecule has 1 amide bonds. The first-order chi connectivity index (χ1) is 8.72. The van der Waals surface area contributed by atoms with E-state index in [1.807, 2.05) is 25.1 Å². The highest BCUT2D eigenvalue weighted by molar-refractivity contribution is 7.18. The van der Waals surface area contributed by atoms with E-state index in [4.69, 9.17) is 0 Å². The van der Waals surface area contributed by atoms with Gasteiger partial charge in [0.15, 0.2) is 0 Å². The summed E-state index contributed by atoms with van der Waals surface area (Å²) in [6, 6.07) is 9.29. The molecule has 90 valence electrons. The van der Waals surface area contributed by atoms with E-state index in [0.717, 1.165) is 20.9 Å². The zero-order chi connectivity index (χ0) is 12.5. The lowest BCUT2D eigenvalue weighted by Crippen LogP contribution is -2.11. The Labute approximate surface area is 108 Å². The SMILES string of the molecule is Cc1nc2cc(NC(=O)c3ccc[nH]3)ccc2s1. The van der Waals surface area contributed by atoms with E-state index >= 15 is 0 Å². The number of carbonyl (C=O) groups excluding carboxylic acids is 1. The van der Waals surface area contributed by atoms with Crippen molar-refractivity contribution >= 4 is 33.1 Å². The van der Waals surface area contributed by atoms with Crippen molar-refractivity contribution in [3.05, 3.63) is 47.2 Å². The van der Waals surface area contributed by atoms with Crippen LogP contribution in [0.4, 0.5) is 5.69 Å². The second kappa shape index (κ2) is 4.27. The lowest BCUT2D eigenvalue weighted by Gasteiger charge is -2.03. The van der Waals surface area contributed by atoms with Gasteiger partial charge >= 0.3 is 0 Å². The molecule has 0 fully saturated rings. The molecular formula is C13H11N3OS. The molecule has 0 bridgehead atoms. The van der Waals surface area contributed by atoms with Crippen LogP contribution in [-0.4, -0.2) is 15.9 Å². The minimum absolute atomic E-state index is 0.147. The van der Waals surface area contributed by atoms with Crippen LogP contribution in [0.1, 0.15) is 15.5 Å². The van der Waals surface area contributed by atoms with Gasteiger partial charge in [-0.1, -0.05) is 0 Å². The molecule has 0 spiro atoms. The molecule has 0 atom stereocenters. The molecule has 0 saturated carbocycles. The predicted molar refractivity (Wildman–Crippen MR) is 73.1 cm³/mol. The van der Waals surface area contributed by atoms with Gasteiger partial charge in [-0.3, -0.25) is 4.79 Å².